The second kappa shape index (κ2) is 4.60. The van der Waals surface area contributed by atoms with Gasteiger partial charge in [-0.25, -0.2) is 9.07 Å². The molecule has 0 radical (unpaired) electrons. The summed E-state index contributed by atoms with van der Waals surface area (Å²) in [5.41, 5.74) is 6.82. The fraction of sp³-hybridized carbons (Fsp3) is 0.200. The summed E-state index contributed by atoms with van der Waals surface area (Å²) in [7, 11) is 0. The van der Waals surface area contributed by atoms with Crippen molar-refractivity contribution in [1.29, 1.82) is 0 Å². The first-order chi connectivity index (χ1) is 7.99. The molecule has 1 atom stereocenters. The molecular weight excluding hydrogens is 266 g/mol. The molecule has 7 heteroatoms. The van der Waals surface area contributed by atoms with Crippen molar-refractivity contribution in [2.75, 3.05) is 0 Å². The van der Waals surface area contributed by atoms with Gasteiger partial charge in [-0.1, -0.05) is 28.4 Å². The van der Waals surface area contributed by atoms with Crippen LogP contribution in [0.25, 0.3) is 5.69 Å². The maximum absolute atomic E-state index is 13.2. The minimum Gasteiger partial charge on any atom is -0.323 e. The zero-order valence-electron chi connectivity index (χ0n) is 8.86. The van der Waals surface area contributed by atoms with Gasteiger partial charge in [-0.15, -0.1) is 5.10 Å². The van der Waals surface area contributed by atoms with Crippen LogP contribution in [-0.4, -0.2) is 15.0 Å². The maximum atomic E-state index is 13.2. The van der Waals surface area contributed by atoms with Crippen LogP contribution in [-0.2, 0) is 0 Å². The van der Waals surface area contributed by atoms with Gasteiger partial charge in [-0.3, -0.25) is 0 Å². The van der Waals surface area contributed by atoms with E-state index in [9.17, 15) is 4.39 Å². The second-order valence-electron chi connectivity index (χ2n) is 3.60. The number of aromatic nitrogens is 3. The van der Waals surface area contributed by atoms with E-state index in [2.05, 4.69) is 10.3 Å². The first kappa shape index (κ1) is 12.3. The van der Waals surface area contributed by atoms with Crippen LogP contribution < -0.4 is 5.73 Å². The lowest BCUT2D eigenvalue weighted by Gasteiger charge is -2.03. The molecule has 0 amide bonds. The predicted molar refractivity (Wildman–Crippen MR) is 63.9 cm³/mol. The molecule has 0 aliphatic heterocycles. The Labute approximate surface area is 107 Å². The van der Waals surface area contributed by atoms with Gasteiger partial charge in [0.25, 0.3) is 0 Å². The molecule has 0 aliphatic rings. The van der Waals surface area contributed by atoms with Gasteiger partial charge >= 0.3 is 0 Å². The second-order valence-corrected chi connectivity index (χ2v) is 4.41. The average Bonchev–Trinajstić information content (AvgIpc) is 2.74. The zero-order valence-corrected chi connectivity index (χ0v) is 10.4. The third kappa shape index (κ3) is 2.41. The summed E-state index contributed by atoms with van der Waals surface area (Å²) in [5.74, 6) is -0.649. The van der Waals surface area contributed by atoms with E-state index in [1.165, 1.54) is 16.8 Å². The minimum atomic E-state index is -0.649. The number of nitrogens with two attached hydrogens (primary N) is 1. The fourth-order valence-electron chi connectivity index (χ4n) is 1.29. The topological polar surface area (TPSA) is 56.7 Å². The SMILES string of the molecule is CC(N)c1cn(-c2cc(Cl)c(F)c(Cl)c2)nn1. The van der Waals surface area contributed by atoms with Gasteiger partial charge in [0, 0.05) is 6.04 Å². The Hall–Kier alpha value is -1.17. The van der Waals surface area contributed by atoms with Crippen molar-refractivity contribution in [2.24, 2.45) is 5.73 Å². The Bertz CT molecular complexity index is 530. The van der Waals surface area contributed by atoms with Crippen molar-refractivity contribution in [3.8, 4) is 5.69 Å². The summed E-state index contributed by atoms with van der Waals surface area (Å²) in [6.07, 6.45) is 1.64. The van der Waals surface area contributed by atoms with Crippen LogP contribution in [0.1, 0.15) is 18.7 Å². The summed E-state index contributed by atoms with van der Waals surface area (Å²) in [5, 5.41) is 7.62. The van der Waals surface area contributed by atoms with Crippen molar-refractivity contribution in [2.45, 2.75) is 13.0 Å². The van der Waals surface area contributed by atoms with Gasteiger partial charge in [0.15, 0.2) is 5.82 Å². The molecule has 1 aromatic heterocycles. The van der Waals surface area contributed by atoms with Gasteiger partial charge < -0.3 is 5.73 Å². The first-order valence-corrected chi connectivity index (χ1v) is 5.57. The fourth-order valence-corrected chi connectivity index (χ4v) is 1.76. The van der Waals surface area contributed by atoms with E-state index in [4.69, 9.17) is 28.9 Å². The molecular formula is C10H9Cl2FN4. The molecule has 0 saturated heterocycles. The van der Waals surface area contributed by atoms with Crippen molar-refractivity contribution in [3.63, 3.8) is 0 Å². The maximum Gasteiger partial charge on any atom is 0.160 e. The van der Waals surface area contributed by atoms with Gasteiger partial charge in [0.05, 0.1) is 27.6 Å². The highest BCUT2D eigenvalue weighted by Crippen LogP contribution is 2.26. The van der Waals surface area contributed by atoms with E-state index in [-0.39, 0.29) is 16.1 Å². The molecule has 2 N–H and O–H groups in total. The predicted octanol–water partition coefficient (Wildman–Crippen LogP) is 2.73. The number of benzene rings is 1. The van der Waals surface area contributed by atoms with Crippen LogP contribution in [0.3, 0.4) is 0 Å². The molecule has 1 heterocycles. The number of hydrogen-bond donors (Lipinski definition) is 1. The third-order valence-corrected chi connectivity index (χ3v) is 2.76. The Kier molecular flexibility index (Phi) is 3.33. The molecule has 2 rings (SSSR count). The number of hydrogen-bond acceptors (Lipinski definition) is 3. The average molecular weight is 275 g/mol. The quantitative estimate of drug-likeness (QED) is 0.857. The van der Waals surface area contributed by atoms with Crippen LogP contribution in [0.4, 0.5) is 4.39 Å². The summed E-state index contributed by atoms with van der Waals surface area (Å²) in [6, 6.07) is 2.61. The van der Waals surface area contributed by atoms with Crippen molar-refractivity contribution in [1.82, 2.24) is 15.0 Å². The van der Waals surface area contributed by atoms with Crippen LogP contribution in [0.2, 0.25) is 10.0 Å². The molecule has 0 fully saturated rings. The molecule has 0 aliphatic carbocycles. The number of rotatable bonds is 2. The minimum absolute atomic E-state index is 0.0645. The smallest absolute Gasteiger partial charge is 0.160 e. The van der Waals surface area contributed by atoms with Gasteiger partial charge in [0.2, 0.25) is 0 Å². The molecule has 0 saturated carbocycles. The van der Waals surface area contributed by atoms with Crippen LogP contribution in [0, 0.1) is 5.82 Å². The first-order valence-electron chi connectivity index (χ1n) is 4.82. The lowest BCUT2D eigenvalue weighted by molar-refractivity contribution is 0.627. The number of halogens is 3. The Morgan fingerprint density at radius 2 is 1.94 bits per heavy atom. The van der Waals surface area contributed by atoms with Gasteiger partial charge in [-0.2, -0.15) is 0 Å². The highest BCUT2D eigenvalue weighted by Gasteiger charge is 2.11. The van der Waals surface area contributed by atoms with E-state index in [0.29, 0.717) is 11.4 Å². The molecule has 2 aromatic rings. The Morgan fingerprint density at radius 3 is 2.41 bits per heavy atom. The Morgan fingerprint density at radius 1 is 1.35 bits per heavy atom. The van der Waals surface area contributed by atoms with E-state index in [0.717, 1.165) is 0 Å². The molecule has 1 aromatic carbocycles. The van der Waals surface area contributed by atoms with E-state index >= 15 is 0 Å². The molecule has 90 valence electrons. The van der Waals surface area contributed by atoms with Crippen molar-refractivity contribution < 1.29 is 4.39 Å². The molecule has 1 unspecified atom stereocenters. The number of nitrogens with zero attached hydrogens (tertiary/aromatic N) is 3. The van der Waals surface area contributed by atoms with Crippen LogP contribution >= 0.6 is 23.2 Å². The van der Waals surface area contributed by atoms with Crippen molar-refractivity contribution >= 4 is 23.2 Å². The summed E-state index contributed by atoms with van der Waals surface area (Å²) in [4.78, 5) is 0. The Balaban J connectivity index is 2.46. The molecule has 0 spiro atoms. The lowest BCUT2D eigenvalue weighted by Crippen LogP contribution is -2.04. The molecule has 4 nitrogen and oxygen atoms in total. The molecule has 0 bridgehead atoms. The monoisotopic (exact) mass is 274 g/mol. The zero-order chi connectivity index (χ0) is 12.6. The summed E-state index contributed by atoms with van der Waals surface area (Å²) in [6.45, 7) is 1.79. The molecule has 17 heavy (non-hydrogen) atoms. The lowest BCUT2D eigenvalue weighted by atomic mass is 10.3. The normalized spacial score (nSPS) is 12.8. The van der Waals surface area contributed by atoms with E-state index in [1.807, 2.05) is 0 Å². The van der Waals surface area contributed by atoms with Crippen molar-refractivity contribution in [3.05, 3.63) is 39.9 Å². The van der Waals surface area contributed by atoms with E-state index in [1.54, 1.807) is 13.1 Å². The van der Waals surface area contributed by atoms with Crippen LogP contribution in [0.5, 0.6) is 0 Å². The standard InChI is InChI=1S/C10H9Cl2FN4/c1-5(14)9-4-17(16-15-9)6-2-7(11)10(13)8(12)3-6/h2-5H,14H2,1H3. The van der Waals surface area contributed by atoms with E-state index < -0.39 is 5.82 Å². The summed E-state index contributed by atoms with van der Waals surface area (Å²) < 4.78 is 14.7. The van der Waals surface area contributed by atoms with Gasteiger partial charge in [-0.05, 0) is 19.1 Å². The highest BCUT2D eigenvalue weighted by molar-refractivity contribution is 6.35. The van der Waals surface area contributed by atoms with Crippen LogP contribution in [0.15, 0.2) is 18.3 Å². The highest BCUT2D eigenvalue weighted by atomic mass is 35.5. The largest absolute Gasteiger partial charge is 0.323 e. The third-order valence-electron chi connectivity index (χ3n) is 2.21. The summed E-state index contributed by atoms with van der Waals surface area (Å²) >= 11 is 11.4. The van der Waals surface area contributed by atoms with Gasteiger partial charge in [0.1, 0.15) is 0 Å².